The molecule has 0 saturated heterocycles. The second-order valence-corrected chi connectivity index (χ2v) is 5.82. The van der Waals surface area contributed by atoms with Crippen LogP contribution in [0.15, 0.2) is 0 Å². The van der Waals surface area contributed by atoms with Gasteiger partial charge in [0.2, 0.25) is 0 Å². The maximum atomic E-state index is 5.32. The molecule has 0 aliphatic carbocycles. The summed E-state index contributed by atoms with van der Waals surface area (Å²) in [5.74, 6) is 0.858. The summed E-state index contributed by atoms with van der Waals surface area (Å²) in [4.78, 5) is 0. The smallest absolute Gasteiger partial charge is 0.131 e. The Balaban J connectivity index is 0. The largest absolute Gasteiger partial charge is 0.385 e. The van der Waals surface area contributed by atoms with E-state index in [1.807, 2.05) is 6.92 Å². The summed E-state index contributed by atoms with van der Waals surface area (Å²) in [5, 5.41) is 0.374. The van der Waals surface area contributed by atoms with E-state index in [9.17, 15) is 0 Å². The Labute approximate surface area is 108 Å². The van der Waals surface area contributed by atoms with E-state index < -0.39 is 0 Å². The van der Waals surface area contributed by atoms with Gasteiger partial charge in [0.05, 0.1) is 0 Å². The van der Waals surface area contributed by atoms with Crippen molar-refractivity contribution in [2.75, 3.05) is 5.75 Å². The third kappa shape index (κ3) is 11.2. The molecule has 2 nitrogen and oxygen atoms in total. The first-order valence-corrected chi connectivity index (χ1v) is 5.59. The van der Waals surface area contributed by atoms with Gasteiger partial charge in [-0.3, -0.25) is 0 Å². The minimum absolute atomic E-state index is 0. The lowest BCUT2D eigenvalue weighted by Crippen LogP contribution is -2.13. The van der Waals surface area contributed by atoms with Crippen molar-refractivity contribution in [1.29, 1.82) is 0 Å². The van der Waals surface area contributed by atoms with Crippen molar-refractivity contribution < 1.29 is 0 Å². The van der Waals surface area contributed by atoms with Crippen LogP contribution in [0.4, 0.5) is 0 Å². The molecule has 1 unspecified atom stereocenters. The number of nitrogens with two attached hydrogens (primary N) is 2. The Morgan fingerprint density at radius 1 is 1.33 bits per heavy atom. The van der Waals surface area contributed by atoms with E-state index >= 15 is 0 Å². The van der Waals surface area contributed by atoms with E-state index in [4.69, 9.17) is 35.9 Å². The van der Waals surface area contributed by atoms with Crippen molar-refractivity contribution in [1.82, 2.24) is 0 Å². The molecule has 0 rings (SSSR count). The molecule has 0 fully saturated rings. The SMILES string of the molecule is CC(CSC(N)=S)SC(N)=S.[Mg]. The van der Waals surface area contributed by atoms with Gasteiger partial charge in [0.1, 0.15) is 8.64 Å². The molecule has 0 aromatic carbocycles. The van der Waals surface area contributed by atoms with E-state index in [1.165, 1.54) is 23.5 Å². The lowest BCUT2D eigenvalue weighted by atomic mass is 10.6. The quantitative estimate of drug-likeness (QED) is 0.575. The molecule has 0 heterocycles. The summed E-state index contributed by atoms with van der Waals surface area (Å²) in [6.07, 6.45) is 0. The molecule has 0 aromatic heterocycles. The van der Waals surface area contributed by atoms with Gasteiger partial charge in [0.15, 0.2) is 0 Å². The van der Waals surface area contributed by atoms with Gasteiger partial charge in [-0.1, -0.05) is 54.9 Å². The standard InChI is InChI=1S/C5H10N2S4.Mg/c1-3(11-5(7)9)2-10-4(6)8;/h3H,2H2,1H3,(H2,6,8)(H2,7,9);. The van der Waals surface area contributed by atoms with E-state index in [2.05, 4.69) is 0 Å². The summed E-state index contributed by atoms with van der Waals surface area (Å²) in [6, 6.07) is 0. The van der Waals surface area contributed by atoms with E-state index in [1.54, 1.807) is 0 Å². The second-order valence-electron chi connectivity index (χ2n) is 1.88. The first-order valence-electron chi connectivity index (χ1n) is 2.90. The summed E-state index contributed by atoms with van der Waals surface area (Å²) >= 11 is 12.3. The third-order valence-corrected chi connectivity index (χ3v) is 3.38. The Kier molecular flexibility index (Phi) is 11.6. The highest BCUT2D eigenvalue weighted by atomic mass is 32.2. The van der Waals surface area contributed by atoms with Crippen molar-refractivity contribution in [3.05, 3.63) is 0 Å². The average Bonchev–Trinajstić information content (AvgIpc) is 1.82. The number of hydrogen-bond acceptors (Lipinski definition) is 4. The molecular formula is C5H10MgN2S4. The van der Waals surface area contributed by atoms with Crippen LogP contribution in [0.2, 0.25) is 0 Å². The Hall–Kier alpha value is 1.25. The minimum atomic E-state index is 0. The van der Waals surface area contributed by atoms with Gasteiger partial charge in [-0.15, -0.1) is 0 Å². The fourth-order valence-corrected chi connectivity index (χ4v) is 2.40. The molecule has 7 heteroatoms. The van der Waals surface area contributed by atoms with E-state index in [0.29, 0.717) is 13.9 Å². The molecule has 0 aromatic rings. The van der Waals surface area contributed by atoms with Crippen molar-refractivity contribution in [2.45, 2.75) is 12.2 Å². The lowest BCUT2D eigenvalue weighted by Gasteiger charge is -2.07. The Morgan fingerprint density at radius 2 is 1.83 bits per heavy atom. The van der Waals surface area contributed by atoms with E-state index in [-0.39, 0.29) is 23.1 Å². The number of rotatable bonds is 3. The first kappa shape index (κ1) is 15.7. The molecule has 12 heavy (non-hydrogen) atoms. The van der Waals surface area contributed by atoms with Crippen LogP contribution in [0.5, 0.6) is 0 Å². The predicted molar refractivity (Wildman–Crippen MR) is 68.8 cm³/mol. The molecule has 66 valence electrons. The van der Waals surface area contributed by atoms with Crippen LogP contribution in [-0.4, -0.2) is 42.7 Å². The molecule has 0 bridgehead atoms. The van der Waals surface area contributed by atoms with Gasteiger partial charge in [0, 0.05) is 34.1 Å². The highest BCUT2D eigenvalue weighted by Crippen LogP contribution is 2.15. The zero-order valence-electron chi connectivity index (χ0n) is 6.78. The number of thioether (sulfide) groups is 2. The molecule has 1 atom stereocenters. The fourth-order valence-electron chi connectivity index (χ4n) is 0.432. The summed E-state index contributed by atoms with van der Waals surface area (Å²) in [7, 11) is 0. The summed E-state index contributed by atoms with van der Waals surface area (Å²) in [6.45, 7) is 2.04. The summed E-state index contributed by atoms with van der Waals surface area (Å²) < 4.78 is 0.946. The third-order valence-electron chi connectivity index (χ3n) is 0.778. The molecule has 0 aliphatic rings. The first-order chi connectivity index (χ1) is 5.02. The van der Waals surface area contributed by atoms with Crippen LogP contribution in [-0.2, 0) is 0 Å². The fraction of sp³-hybridized carbons (Fsp3) is 0.600. The van der Waals surface area contributed by atoms with Gasteiger partial charge >= 0.3 is 0 Å². The lowest BCUT2D eigenvalue weighted by molar-refractivity contribution is 1.14. The van der Waals surface area contributed by atoms with Gasteiger partial charge in [0.25, 0.3) is 0 Å². The van der Waals surface area contributed by atoms with Gasteiger partial charge in [-0.2, -0.15) is 0 Å². The number of hydrogen-bond donors (Lipinski definition) is 2. The van der Waals surface area contributed by atoms with Crippen LogP contribution in [0.1, 0.15) is 6.92 Å². The maximum Gasteiger partial charge on any atom is 0.131 e. The minimum Gasteiger partial charge on any atom is -0.385 e. The molecule has 0 spiro atoms. The van der Waals surface area contributed by atoms with Crippen molar-refractivity contribution in [2.24, 2.45) is 11.5 Å². The van der Waals surface area contributed by atoms with Gasteiger partial charge in [-0.05, 0) is 0 Å². The van der Waals surface area contributed by atoms with Gasteiger partial charge in [-0.25, -0.2) is 0 Å². The molecule has 4 N–H and O–H groups in total. The topological polar surface area (TPSA) is 52.0 Å². The Bertz CT molecular complexity index is 164. The van der Waals surface area contributed by atoms with Crippen molar-refractivity contribution in [3.63, 3.8) is 0 Å². The van der Waals surface area contributed by atoms with Crippen LogP contribution < -0.4 is 11.5 Å². The predicted octanol–water partition coefficient (Wildman–Crippen LogP) is 0.948. The molecule has 0 aliphatic heterocycles. The van der Waals surface area contributed by atoms with Crippen LogP contribution >= 0.6 is 48.0 Å². The average molecular weight is 251 g/mol. The molecular weight excluding hydrogens is 241 g/mol. The highest BCUT2D eigenvalue weighted by Gasteiger charge is 2.04. The maximum absolute atomic E-state index is 5.32. The Morgan fingerprint density at radius 3 is 2.17 bits per heavy atom. The van der Waals surface area contributed by atoms with Crippen molar-refractivity contribution >= 4 is 79.7 Å². The number of thiocarbonyl (C=S) groups is 2. The van der Waals surface area contributed by atoms with Crippen molar-refractivity contribution in [3.8, 4) is 0 Å². The molecule has 2 radical (unpaired) electrons. The molecule has 0 amide bonds. The van der Waals surface area contributed by atoms with E-state index in [0.717, 1.165) is 5.75 Å². The second kappa shape index (κ2) is 8.83. The summed E-state index contributed by atoms with van der Waals surface area (Å²) in [5.41, 5.74) is 10.6. The van der Waals surface area contributed by atoms with Crippen LogP contribution in [0.25, 0.3) is 0 Å². The van der Waals surface area contributed by atoms with Crippen LogP contribution in [0, 0.1) is 0 Å². The molecule has 0 saturated carbocycles. The van der Waals surface area contributed by atoms with Crippen LogP contribution in [0.3, 0.4) is 0 Å². The highest BCUT2D eigenvalue weighted by molar-refractivity contribution is 8.25. The van der Waals surface area contributed by atoms with Gasteiger partial charge < -0.3 is 11.5 Å². The normalized spacial score (nSPS) is 11.4. The monoisotopic (exact) mass is 250 g/mol. The zero-order valence-corrected chi connectivity index (χ0v) is 11.5. The zero-order chi connectivity index (χ0) is 8.85.